The lowest BCUT2D eigenvalue weighted by atomic mass is 10.1. The van der Waals surface area contributed by atoms with Crippen LogP contribution in [-0.4, -0.2) is 46.8 Å². The minimum absolute atomic E-state index is 0.0188. The fourth-order valence-corrected chi connectivity index (χ4v) is 4.08. The number of carbonyl (C=O) groups excluding carboxylic acids is 1. The topological polar surface area (TPSA) is 67.5 Å². The molecular formula is C24H25N3O3. The number of aromatic amines is 1. The first-order valence-corrected chi connectivity index (χ1v) is 10.4. The highest BCUT2D eigenvalue weighted by Crippen LogP contribution is 2.48. The average molecular weight is 403 g/mol. The number of amides is 1. The molecule has 6 nitrogen and oxygen atoms in total. The number of ether oxygens (including phenoxy) is 2. The number of nitrogens with zero attached hydrogens (tertiary/aromatic N) is 2. The van der Waals surface area contributed by atoms with Gasteiger partial charge in [0.25, 0.3) is 0 Å². The predicted molar refractivity (Wildman–Crippen MR) is 112 cm³/mol. The molecule has 6 heteroatoms. The SMILES string of the molecule is O=C([C@H]1C[C@H]1c1ccccc1)N(Cc1cnc(-c2ccccc2)[nH]1)CC1OCCO1. The molecule has 1 amide bonds. The van der Waals surface area contributed by atoms with Gasteiger partial charge in [-0.25, -0.2) is 4.98 Å². The molecule has 2 atom stereocenters. The minimum atomic E-state index is -0.362. The van der Waals surface area contributed by atoms with E-state index in [9.17, 15) is 4.79 Å². The van der Waals surface area contributed by atoms with E-state index in [0.717, 1.165) is 23.5 Å². The van der Waals surface area contributed by atoms with Crippen molar-refractivity contribution in [2.45, 2.75) is 25.2 Å². The fourth-order valence-electron chi connectivity index (χ4n) is 4.08. The quantitative estimate of drug-likeness (QED) is 0.655. The minimum Gasteiger partial charge on any atom is -0.348 e. The van der Waals surface area contributed by atoms with Gasteiger partial charge in [-0.1, -0.05) is 60.7 Å². The first-order chi connectivity index (χ1) is 14.8. The Morgan fingerprint density at radius 1 is 1.03 bits per heavy atom. The van der Waals surface area contributed by atoms with Crippen LogP contribution >= 0.6 is 0 Å². The summed E-state index contributed by atoms with van der Waals surface area (Å²) in [6, 6.07) is 20.3. The van der Waals surface area contributed by atoms with Gasteiger partial charge in [0.1, 0.15) is 5.82 Å². The van der Waals surface area contributed by atoms with Crippen LogP contribution in [0.1, 0.15) is 23.6 Å². The van der Waals surface area contributed by atoms with Crippen molar-refractivity contribution in [2.24, 2.45) is 5.92 Å². The zero-order chi connectivity index (χ0) is 20.3. The van der Waals surface area contributed by atoms with Gasteiger partial charge < -0.3 is 19.4 Å². The highest BCUT2D eigenvalue weighted by Gasteiger charge is 2.46. The Hall–Kier alpha value is -2.96. The molecular weight excluding hydrogens is 378 g/mol. The molecule has 0 radical (unpaired) electrons. The number of hydrogen-bond donors (Lipinski definition) is 1. The zero-order valence-corrected chi connectivity index (χ0v) is 16.7. The Kier molecular flexibility index (Phi) is 5.34. The second kappa shape index (κ2) is 8.42. The molecule has 0 spiro atoms. The lowest BCUT2D eigenvalue weighted by molar-refractivity contribution is -0.139. The Morgan fingerprint density at radius 2 is 1.73 bits per heavy atom. The van der Waals surface area contributed by atoms with E-state index < -0.39 is 0 Å². The van der Waals surface area contributed by atoms with Gasteiger partial charge in [0.2, 0.25) is 5.91 Å². The summed E-state index contributed by atoms with van der Waals surface area (Å²) < 4.78 is 11.2. The van der Waals surface area contributed by atoms with Crippen molar-refractivity contribution in [3.05, 3.63) is 78.1 Å². The molecule has 1 saturated heterocycles. The number of carbonyl (C=O) groups is 1. The Morgan fingerprint density at radius 3 is 2.47 bits per heavy atom. The fraction of sp³-hybridized carbons (Fsp3) is 0.333. The number of hydrogen-bond acceptors (Lipinski definition) is 4. The summed E-state index contributed by atoms with van der Waals surface area (Å²) in [5.74, 6) is 1.28. The van der Waals surface area contributed by atoms with E-state index in [0.29, 0.717) is 32.2 Å². The molecule has 2 fully saturated rings. The van der Waals surface area contributed by atoms with E-state index in [1.165, 1.54) is 5.56 Å². The number of H-pyrrole nitrogens is 1. The molecule has 1 aliphatic carbocycles. The van der Waals surface area contributed by atoms with Crippen molar-refractivity contribution in [1.29, 1.82) is 0 Å². The molecule has 2 aliphatic rings. The van der Waals surface area contributed by atoms with Gasteiger partial charge in [0.05, 0.1) is 38.2 Å². The second-order valence-electron chi connectivity index (χ2n) is 7.87. The summed E-state index contributed by atoms with van der Waals surface area (Å²) in [5.41, 5.74) is 3.16. The molecule has 1 aliphatic heterocycles. The maximum atomic E-state index is 13.3. The number of nitrogens with one attached hydrogen (secondary N) is 1. The molecule has 154 valence electrons. The molecule has 2 heterocycles. The highest BCUT2D eigenvalue weighted by molar-refractivity contribution is 5.83. The molecule has 1 aromatic heterocycles. The van der Waals surface area contributed by atoms with Crippen LogP contribution in [0.3, 0.4) is 0 Å². The maximum absolute atomic E-state index is 13.3. The summed E-state index contributed by atoms with van der Waals surface area (Å²) in [6.45, 7) is 2.03. The van der Waals surface area contributed by atoms with Crippen LogP contribution in [0.25, 0.3) is 11.4 Å². The van der Waals surface area contributed by atoms with E-state index in [2.05, 4.69) is 22.1 Å². The normalized spacial score (nSPS) is 20.9. The Labute approximate surface area is 175 Å². The summed E-state index contributed by atoms with van der Waals surface area (Å²) in [4.78, 5) is 23.0. The van der Waals surface area contributed by atoms with E-state index in [1.807, 2.05) is 53.4 Å². The van der Waals surface area contributed by atoms with Gasteiger partial charge in [-0.15, -0.1) is 0 Å². The van der Waals surface area contributed by atoms with Crippen LogP contribution in [0.5, 0.6) is 0 Å². The molecule has 1 saturated carbocycles. The van der Waals surface area contributed by atoms with E-state index >= 15 is 0 Å². The molecule has 0 bridgehead atoms. The molecule has 1 N–H and O–H groups in total. The van der Waals surface area contributed by atoms with Crippen LogP contribution in [0.15, 0.2) is 66.9 Å². The van der Waals surface area contributed by atoms with Crippen LogP contribution in [-0.2, 0) is 20.8 Å². The maximum Gasteiger partial charge on any atom is 0.226 e. The Balaban J connectivity index is 1.31. The van der Waals surface area contributed by atoms with Crippen molar-refractivity contribution < 1.29 is 14.3 Å². The van der Waals surface area contributed by atoms with E-state index in [-0.39, 0.29) is 18.1 Å². The van der Waals surface area contributed by atoms with Crippen molar-refractivity contribution in [3.63, 3.8) is 0 Å². The van der Waals surface area contributed by atoms with Gasteiger partial charge in [-0.2, -0.15) is 0 Å². The number of benzene rings is 2. The number of aromatic nitrogens is 2. The third-order valence-electron chi connectivity index (χ3n) is 5.74. The van der Waals surface area contributed by atoms with Gasteiger partial charge >= 0.3 is 0 Å². The van der Waals surface area contributed by atoms with E-state index in [1.54, 1.807) is 6.20 Å². The summed E-state index contributed by atoms with van der Waals surface area (Å²) in [6.07, 6.45) is 2.34. The van der Waals surface area contributed by atoms with Crippen LogP contribution in [0.2, 0.25) is 0 Å². The van der Waals surface area contributed by atoms with Gasteiger partial charge in [0.15, 0.2) is 6.29 Å². The smallest absolute Gasteiger partial charge is 0.226 e. The van der Waals surface area contributed by atoms with Gasteiger partial charge in [-0.05, 0) is 17.9 Å². The highest BCUT2D eigenvalue weighted by atomic mass is 16.7. The van der Waals surface area contributed by atoms with Crippen molar-refractivity contribution in [3.8, 4) is 11.4 Å². The first kappa shape index (κ1) is 19.0. The summed E-state index contributed by atoms with van der Waals surface area (Å²) >= 11 is 0. The lowest BCUT2D eigenvalue weighted by Crippen LogP contribution is -2.38. The lowest BCUT2D eigenvalue weighted by Gasteiger charge is -2.25. The number of rotatable bonds is 7. The zero-order valence-electron chi connectivity index (χ0n) is 16.7. The Bertz CT molecular complexity index is 983. The molecule has 30 heavy (non-hydrogen) atoms. The largest absolute Gasteiger partial charge is 0.348 e. The third-order valence-corrected chi connectivity index (χ3v) is 5.74. The van der Waals surface area contributed by atoms with Crippen LogP contribution in [0.4, 0.5) is 0 Å². The predicted octanol–water partition coefficient (Wildman–Crippen LogP) is 3.58. The third kappa shape index (κ3) is 4.15. The van der Waals surface area contributed by atoms with Gasteiger partial charge in [0, 0.05) is 11.5 Å². The van der Waals surface area contributed by atoms with Crippen molar-refractivity contribution in [1.82, 2.24) is 14.9 Å². The molecule has 2 aromatic carbocycles. The summed E-state index contributed by atoms with van der Waals surface area (Å²) in [5, 5.41) is 0. The number of imidazole rings is 1. The van der Waals surface area contributed by atoms with Crippen LogP contribution < -0.4 is 0 Å². The first-order valence-electron chi connectivity index (χ1n) is 10.4. The van der Waals surface area contributed by atoms with Crippen molar-refractivity contribution >= 4 is 5.91 Å². The van der Waals surface area contributed by atoms with Crippen LogP contribution in [0, 0.1) is 5.92 Å². The molecule has 0 unspecified atom stereocenters. The molecule has 3 aromatic rings. The van der Waals surface area contributed by atoms with Gasteiger partial charge in [-0.3, -0.25) is 4.79 Å². The molecule has 5 rings (SSSR count). The summed E-state index contributed by atoms with van der Waals surface area (Å²) in [7, 11) is 0. The average Bonchev–Trinajstić information content (AvgIpc) is 3.17. The van der Waals surface area contributed by atoms with Crippen molar-refractivity contribution in [2.75, 3.05) is 19.8 Å². The second-order valence-corrected chi connectivity index (χ2v) is 7.87. The standard InChI is InChI=1S/C24H25N3O3/c28-24(21-13-20(21)17-7-3-1-4-8-17)27(16-22-29-11-12-30-22)15-19-14-25-23(26-19)18-9-5-2-6-10-18/h1-10,14,20-22H,11-13,15-16H2,(H,25,26)/t20-,21-/m0/s1. The monoisotopic (exact) mass is 403 g/mol. The van der Waals surface area contributed by atoms with E-state index in [4.69, 9.17) is 9.47 Å².